The van der Waals surface area contributed by atoms with Gasteiger partial charge in [-0.15, -0.1) is 0 Å². The molecule has 0 radical (unpaired) electrons. The average Bonchev–Trinajstić information content (AvgIpc) is 2.90. The molecule has 0 aliphatic heterocycles. The van der Waals surface area contributed by atoms with Crippen LogP contribution in [0.15, 0.2) is 29.4 Å². The smallest absolute Gasteiger partial charge is 0.191 e. The highest BCUT2D eigenvalue weighted by Crippen LogP contribution is 2.19. The van der Waals surface area contributed by atoms with E-state index in [1.54, 1.807) is 7.11 Å². The topological polar surface area (TPSA) is 61.4 Å². The number of aliphatic imine (C=N–C) groups is 1. The van der Waals surface area contributed by atoms with E-state index in [1.807, 2.05) is 0 Å². The summed E-state index contributed by atoms with van der Waals surface area (Å²) < 4.78 is 5.15. The van der Waals surface area contributed by atoms with Crippen LogP contribution in [0.4, 0.5) is 0 Å². The molecule has 3 N–H and O–H groups in total. The number of ether oxygens (including phenoxy) is 1. The van der Waals surface area contributed by atoms with Crippen LogP contribution in [0.1, 0.15) is 25.0 Å². The van der Waals surface area contributed by atoms with E-state index < -0.39 is 0 Å². The van der Waals surface area contributed by atoms with Crippen molar-refractivity contribution in [3.63, 3.8) is 0 Å². The van der Waals surface area contributed by atoms with Crippen molar-refractivity contribution in [3.8, 4) is 0 Å². The maximum atomic E-state index is 5.15. The number of hydrogen-bond donors (Lipinski definition) is 3. The van der Waals surface area contributed by atoms with E-state index in [1.165, 1.54) is 22.0 Å². The summed E-state index contributed by atoms with van der Waals surface area (Å²) >= 11 is 0. The molecule has 1 aromatic carbocycles. The number of aromatic amines is 1. The number of benzene rings is 1. The van der Waals surface area contributed by atoms with Gasteiger partial charge in [0.25, 0.3) is 0 Å². The van der Waals surface area contributed by atoms with E-state index >= 15 is 0 Å². The predicted molar refractivity (Wildman–Crippen MR) is 97.2 cm³/mol. The van der Waals surface area contributed by atoms with Crippen molar-refractivity contribution >= 4 is 16.9 Å². The third-order valence-electron chi connectivity index (χ3n) is 3.72. The molecule has 0 saturated heterocycles. The first-order valence-corrected chi connectivity index (χ1v) is 8.24. The molecule has 0 aliphatic carbocycles. The summed E-state index contributed by atoms with van der Waals surface area (Å²) in [6.07, 6.45) is 3.01. The third-order valence-corrected chi connectivity index (χ3v) is 3.72. The number of nitrogens with zero attached hydrogens (tertiary/aromatic N) is 1. The summed E-state index contributed by atoms with van der Waals surface area (Å²) in [6.45, 7) is 8.51. The summed E-state index contributed by atoms with van der Waals surface area (Å²) in [5.41, 5.74) is 3.78. The first kappa shape index (κ1) is 17.3. The Kier molecular flexibility index (Phi) is 6.47. The monoisotopic (exact) mass is 316 g/mol. The molecule has 126 valence electrons. The molecule has 1 aromatic heterocycles. The van der Waals surface area contributed by atoms with Crippen LogP contribution in [-0.4, -0.2) is 43.8 Å². The van der Waals surface area contributed by atoms with Crippen molar-refractivity contribution in [3.05, 3.63) is 35.5 Å². The molecule has 1 heterocycles. The molecule has 23 heavy (non-hydrogen) atoms. The molecule has 0 amide bonds. The molecule has 5 heteroatoms. The zero-order valence-electron chi connectivity index (χ0n) is 14.6. The van der Waals surface area contributed by atoms with E-state index in [-0.39, 0.29) is 6.04 Å². The van der Waals surface area contributed by atoms with Gasteiger partial charge in [-0.05, 0) is 44.4 Å². The second-order valence-electron chi connectivity index (χ2n) is 5.87. The van der Waals surface area contributed by atoms with Gasteiger partial charge >= 0.3 is 0 Å². The van der Waals surface area contributed by atoms with Gasteiger partial charge in [0.1, 0.15) is 0 Å². The molecule has 1 atom stereocenters. The third kappa shape index (κ3) is 4.99. The first-order chi connectivity index (χ1) is 11.1. The Balaban J connectivity index is 1.98. The SMILES string of the molecule is CCNC(=NCCc1c[nH]c2cc(C)ccc12)NC(C)COC. The van der Waals surface area contributed by atoms with Gasteiger partial charge in [-0.25, -0.2) is 0 Å². The Morgan fingerprint density at radius 3 is 2.96 bits per heavy atom. The molecule has 5 nitrogen and oxygen atoms in total. The van der Waals surface area contributed by atoms with Crippen LogP contribution in [0, 0.1) is 6.92 Å². The van der Waals surface area contributed by atoms with Crippen molar-refractivity contribution in [2.75, 3.05) is 26.8 Å². The fourth-order valence-corrected chi connectivity index (χ4v) is 2.64. The van der Waals surface area contributed by atoms with E-state index in [0.29, 0.717) is 6.61 Å². The fraction of sp³-hybridized carbons (Fsp3) is 0.500. The van der Waals surface area contributed by atoms with Gasteiger partial charge in [-0.3, -0.25) is 4.99 Å². The number of rotatable bonds is 7. The molecule has 0 fully saturated rings. The van der Waals surface area contributed by atoms with Crippen LogP contribution in [0.3, 0.4) is 0 Å². The van der Waals surface area contributed by atoms with E-state index in [0.717, 1.165) is 25.5 Å². The maximum Gasteiger partial charge on any atom is 0.191 e. The van der Waals surface area contributed by atoms with Gasteiger partial charge < -0.3 is 20.4 Å². The Labute approximate surface area is 138 Å². The number of aromatic nitrogens is 1. The molecule has 2 rings (SSSR count). The van der Waals surface area contributed by atoms with Gasteiger partial charge in [0.15, 0.2) is 5.96 Å². The van der Waals surface area contributed by atoms with Crippen LogP contribution < -0.4 is 10.6 Å². The highest BCUT2D eigenvalue weighted by molar-refractivity contribution is 5.84. The van der Waals surface area contributed by atoms with Crippen LogP contribution in [0.5, 0.6) is 0 Å². The average molecular weight is 316 g/mol. The lowest BCUT2D eigenvalue weighted by Gasteiger charge is -2.16. The quantitative estimate of drug-likeness (QED) is 0.543. The van der Waals surface area contributed by atoms with Gasteiger partial charge in [0, 0.05) is 43.3 Å². The number of guanidine groups is 1. The largest absolute Gasteiger partial charge is 0.383 e. The number of aryl methyl sites for hydroxylation is 1. The zero-order chi connectivity index (χ0) is 16.7. The number of fused-ring (bicyclic) bond motifs is 1. The highest BCUT2D eigenvalue weighted by atomic mass is 16.5. The number of methoxy groups -OCH3 is 1. The molecular formula is C18H28N4O. The maximum absolute atomic E-state index is 5.15. The summed E-state index contributed by atoms with van der Waals surface area (Å²) in [5.74, 6) is 0.840. The van der Waals surface area contributed by atoms with E-state index in [4.69, 9.17) is 4.74 Å². The first-order valence-electron chi connectivity index (χ1n) is 8.24. The second-order valence-corrected chi connectivity index (χ2v) is 5.87. The van der Waals surface area contributed by atoms with Crippen molar-refractivity contribution in [2.45, 2.75) is 33.2 Å². The van der Waals surface area contributed by atoms with Crippen molar-refractivity contribution in [1.82, 2.24) is 15.6 Å². The van der Waals surface area contributed by atoms with Gasteiger partial charge in [0.2, 0.25) is 0 Å². The Morgan fingerprint density at radius 1 is 1.39 bits per heavy atom. The number of hydrogen-bond acceptors (Lipinski definition) is 2. The molecule has 0 spiro atoms. The van der Waals surface area contributed by atoms with Crippen LogP contribution >= 0.6 is 0 Å². The molecule has 1 unspecified atom stereocenters. The Hall–Kier alpha value is -2.01. The normalized spacial score (nSPS) is 13.3. The van der Waals surface area contributed by atoms with Crippen LogP contribution in [0.25, 0.3) is 10.9 Å². The fourth-order valence-electron chi connectivity index (χ4n) is 2.64. The highest BCUT2D eigenvalue weighted by Gasteiger charge is 2.06. The van der Waals surface area contributed by atoms with Crippen molar-refractivity contribution in [1.29, 1.82) is 0 Å². The molecule has 0 saturated carbocycles. The van der Waals surface area contributed by atoms with E-state index in [2.05, 4.69) is 65.8 Å². The lowest BCUT2D eigenvalue weighted by molar-refractivity contribution is 0.179. The van der Waals surface area contributed by atoms with Gasteiger partial charge in [0.05, 0.1) is 6.61 Å². The van der Waals surface area contributed by atoms with Gasteiger partial charge in [-0.1, -0.05) is 12.1 Å². The van der Waals surface area contributed by atoms with Crippen LogP contribution in [-0.2, 0) is 11.2 Å². The Bertz CT molecular complexity index is 648. The lowest BCUT2D eigenvalue weighted by atomic mass is 10.1. The Morgan fingerprint density at radius 2 is 2.22 bits per heavy atom. The predicted octanol–water partition coefficient (Wildman–Crippen LogP) is 2.61. The lowest BCUT2D eigenvalue weighted by Crippen LogP contribution is -2.44. The molecule has 0 aliphatic rings. The summed E-state index contributed by atoms with van der Waals surface area (Å²) in [7, 11) is 1.71. The summed E-state index contributed by atoms with van der Waals surface area (Å²) in [4.78, 5) is 8.00. The second kappa shape index (κ2) is 8.58. The minimum Gasteiger partial charge on any atom is -0.383 e. The minimum atomic E-state index is 0.230. The van der Waals surface area contributed by atoms with Crippen molar-refractivity contribution < 1.29 is 4.74 Å². The number of nitrogens with one attached hydrogen (secondary N) is 3. The molecule has 0 bridgehead atoms. The van der Waals surface area contributed by atoms with E-state index in [9.17, 15) is 0 Å². The molecule has 2 aromatic rings. The summed E-state index contributed by atoms with van der Waals surface area (Å²) in [6, 6.07) is 6.75. The standard InChI is InChI=1S/C18H28N4O/c1-5-19-18(22-14(3)12-23-4)20-9-8-15-11-21-17-10-13(2)6-7-16(15)17/h6-7,10-11,14,21H,5,8-9,12H2,1-4H3,(H2,19,20,22). The summed E-state index contributed by atoms with van der Waals surface area (Å²) in [5, 5.41) is 7.91. The van der Waals surface area contributed by atoms with Crippen LogP contribution in [0.2, 0.25) is 0 Å². The number of H-pyrrole nitrogens is 1. The molecular weight excluding hydrogens is 288 g/mol. The van der Waals surface area contributed by atoms with Crippen molar-refractivity contribution in [2.24, 2.45) is 4.99 Å². The zero-order valence-corrected chi connectivity index (χ0v) is 14.6. The minimum absolute atomic E-state index is 0.230. The van der Waals surface area contributed by atoms with Gasteiger partial charge in [-0.2, -0.15) is 0 Å².